The Morgan fingerprint density at radius 1 is 1.07 bits per heavy atom. The van der Waals surface area contributed by atoms with E-state index in [0.29, 0.717) is 6.17 Å². The molecule has 0 aliphatic rings. The molecule has 0 unspecified atom stereocenters. The summed E-state index contributed by atoms with van der Waals surface area (Å²) in [5.74, 6) is 0. The molecule has 6 heteroatoms. The van der Waals surface area contributed by atoms with Gasteiger partial charge in [0, 0.05) is 21.3 Å². The lowest BCUT2D eigenvalue weighted by Gasteiger charge is -2.24. The summed E-state index contributed by atoms with van der Waals surface area (Å²) in [7, 11) is 6.59. The minimum atomic E-state index is -2.42. The van der Waals surface area contributed by atoms with Crippen LogP contribution in [0.2, 0.25) is 0 Å². The normalized spacial score (nSPS) is 12.4. The van der Waals surface area contributed by atoms with Gasteiger partial charge < -0.3 is 23.5 Å². The summed E-state index contributed by atoms with van der Waals surface area (Å²) in [6.45, 7) is 2.03. The van der Waals surface area contributed by atoms with Crippen LogP contribution in [0.1, 0.15) is 6.42 Å². The van der Waals surface area contributed by atoms with Gasteiger partial charge in [-0.25, -0.2) is 0 Å². The Bertz CT molecular complexity index is 146. The van der Waals surface area contributed by atoms with Gasteiger partial charge in [0.25, 0.3) is 0 Å². The van der Waals surface area contributed by atoms with E-state index in [2.05, 4.69) is 24.3 Å². The SMILES string of the molecule is CO[Si](CNCCCN(C)C)(OC)OC. The average molecular weight is 236 g/mol. The molecule has 0 bridgehead atoms. The number of nitrogens with zero attached hydrogens (tertiary/aromatic N) is 1. The molecule has 0 radical (unpaired) electrons. The molecule has 0 aromatic rings. The van der Waals surface area contributed by atoms with Crippen LogP contribution in [0.15, 0.2) is 0 Å². The van der Waals surface area contributed by atoms with Crippen LogP contribution < -0.4 is 5.32 Å². The zero-order valence-corrected chi connectivity index (χ0v) is 11.5. The zero-order chi connectivity index (χ0) is 11.7. The zero-order valence-electron chi connectivity index (χ0n) is 10.5. The van der Waals surface area contributed by atoms with E-state index in [9.17, 15) is 0 Å². The lowest BCUT2D eigenvalue weighted by molar-refractivity contribution is 0.122. The molecule has 0 saturated heterocycles. The summed E-state index contributed by atoms with van der Waals surface area (Å²) in [6.07, 6.45) is 1.76. The smallest absolute Gasteiger partial charge is 0.376 e. The molecule has 92 valence electrons. The minimum absolute atomic E-state index is 0.657. The standard InChI is InChI=1S/C9H24N2O3Si/c1-11(2)8-6-7-10-9-15(12-3,13-4)14-5/h10H,6-9H2,1-5H3. The predicted molar refractivity (Wildman–Crippen MR) is 62.8 cm³/mol. The molecule has 0 heterocycles. The Labute approximate surface area is 94.1 Å². The molecule has 0 aromatic carbocycles. The molecule has 15 heavy (non-hydrogen) atoms. The highest BCUT2D eigenvalue weighted by atomic mass is 28.4. The first-order chi connectivity index (χ1) is 7.10. The van der Waals surface area contributed by atoms with E-state index in [-0.39, 0.29) is 0 Å². The Hall–Kier alpha value is 0.0169. The summed E-state index contributed by atoms with van der Waals surface area (Å²) < 4.78 is 15.9. The molecule has 0 rings (SSSR count). The number of rotatable bonds is 9. The molecular formula is C9H24N2O3Si. The highest BCUT2D eigenvalue weighted by molar-refractivity contribution is 6.60. The first-order valence-corrected chi connectivity index (χ1v) is 7.04. The van der Waals surface area contributed by atoms with Crippen LogP contribution in [0, 0.1) is 0 Å². The fourth-order valence-electron chi connectivity index (χ4n) is 1.23. The Kier molecular flexibility index (Phi) is 8.21. The third-order valence-electron chi connectivity index (χ3n) is 2.23. The second-order valence-electron chi connectivity index (χ2n) is 3.63. The number of hydrogen-bond donors (Lipinski definition) is 1. The maximum absolute atomic E-state index is 5.29. The van der Waals surface area contributed by atoms with Crippen LogP contribution >= 0.6 is 0 Å². The molecule has 0 aliphatic carbocycles. The minimum Gasteiger partial charge on any atom is -0.376 e. The second-order valence-corrected chi connectivity index (χ2v) is 6.57. The number of nitrogens with one attached hydrogen (secondary N) is 1. The van der Waals surface area contributed by atoms with E-state index in [0.717, 1.165) is 19.5 Å². The highest BCUT2D eigenvalue weighted by Gasteiger charge is 2.37. The summed E-state index contributed by atoms with van der Waals surface area (Å²) in [4.78, 5) is 2.16. The van der Waals surface area contributed by atoms with Gasteiger partial charge in [-0.2, -0.15) is 0 Å². The van der Waals surface area contributed by atoms with Crippen LogP contribution in [0.25, 0.3) is 0 Å². The third kappa shape index (κ3) is 6.24. The largest absolute Gasteiger partial charge is 0.514 e. The fraction of sp³-hybridized carbons (Fsp3) is 1.00. The van der Waals surface area contributed by atoms with E-state index in [4.69, 9.17) is 13.3 Å². The Balaban J connectivity index is 3.63. The van der Waals surface area contributed by atoms with Gasteiger partial charge in [-0.05, 0) is 33.6 Å². The van der Waals surface area contributed by atoms with E-state index in [1.54, 1.807) is 21.3 Å². The van der Waals surface area contributed by atoms with Crippen molar-refractivity contribution in [1.82, 2.24) is 10.2 Å². The molecule has 0 amide bonds. The van der Waals surface area contributed by atoms with Crippen molar-refractivity contribution in [1.29, 1.82) is 0 Å². The van der Waals surface area contributed by atoms with E-state index >= 15 is 0 Å². The van der Waals surface area contributed by atoms with E-state index < -0.39 is 8.80 Å². The van der Waals surface area contributed by atoms with Gasteiger partial charge in [-0.3, -0.25) is 0 Å². The Morgan fingerprint density at radius 2 is 1.60 bits per heavy atom. The molecular weight excluding hydrogens is 212 g/mol. The first kappa shape index (κ1) is 15.0. The lowest BCUT2D eigenvalue weighted by atomic mass is 10.4. The summed E-state index contributed by atoms with van der Waals surface area (Å²) >= 11 is 0. The molecule has 0 spiro atoms. The molecule has 0 aliphatic heterocycles. The van der Waals surface area contributed by atoms with Crippen molar-refractivity contribution in [2.75, 3.05) is 54.7 Å². The van der Waals surface area contributed by atoms with Crippen molar-refractivity contribution >= 4 is 8.80 Å². The van der Waals surface area contributed by atoms with Crippen LogP contribution in [-0.2, 0) is 13.3 Å². The van der Waals surface area contributed by atoms with Crippen molar-refractivity contribution < 1.29 is 13.3 Å². The molecule has 0 aromatic heterocycles. The van der Waals surface area contributed by atoms with Crippen LogP contribution in [0.3, 0.4) is 0 Å². The molecule has 0 saturated carbocycles. The lowest BCUT2D eigenvalue weighted by Crippen LogP contribution is -2.52. The molecule has 0 fully saturated rings. The van der Waals surface area contributed by atoms with Gasteiger partial charge in [0.2, 0.25) is 0 Å². The van der Waals surface area contributed by atoms with Crippen LogP contribution in [0.5, 0.6) is 0 Å². The maximum atomic E-state index is 5.29. The average Bonchev–Trinajstić information content (AvgIpc) is 2.24. The van der Waals surface area contributed by atoms with Gasteiger partial charge in [-0.15, -0.1) is 0 Å². The van der Waals surface area contributed by atoms with Crippen LogP contribution in [-0.4, -0.2) is 68.4 Å². The van der Waals surface area contributed by atoms with E-state index in [1.165, 1.54) is 0 Å². The molecule has 0 atom stereocenters. The summed E-state index contributed by atoms with van der Waals surface area (Å²) in [6, 6.07) is 0. The number of hydrogen-bond acceptors (Lipinski definition) is 5. The monoisotopic (exact) mass is 236 g/mol. The van der Waals surface area contributed by atoms with Crippen molar-refractivity contribution in [3.8, 4) is 0 Å². The van der Waals surface area contributed by atoms with Gasteiger partial charge >= 0.3 is 8.80 Å². The van der Waals surface area contributed by atoms with Gasteiger partial charge in [-0.1, -0.05) is 0 Å². The van der Waals surface area contributed by atoms with Crippen molar-refractivity contribution in [3.05, 3.63) is 0 Å². The van der Waals surface area contributed by atoms with Gasteiger partial charge in [0.15, 0.2) is 0 Å². The van der Waals surface area contributed by atoms with E-state index in [1.807, 2.05) is 0 Å². The van der Waals surface area contributed by atoms with Crippen molar-refractivity contribution in [2.24, 2.45) is 0 Å². The highest BCUT2D eigenvalue weighted by Crippen LogP contribution is 2.03. The second kappa shape index (κ2) is 8.20. The van der Waals surface area contributed by atoms with Crippen molar-refractivity contribution in [2.45, 2.75) is 6.42 Å². The third-order valence-corrected chi connectivity index (χ3v) is 4.78. The van der Waals surface area contributed by atoms with Gasteiger partial charge in [0.05, 0.1) is 6.17 Å². The topological polar surface area (TPSA) is 43.0 Å². The molecule has 5 nitrogen and oxygen atoms in total. The molecule has 1 N–H and O–H groups in total. The van der Waals surface area contributed by atoms with Crippen molar-refractivity contribution in [3.63, 3.8) is 0 Å². The first-order valence-electron chi connectivity index (χ1n) is 5.11. The quantitative estimate of drug-likeness (QED) is 0.449. The predicted octanol–water partition coefficient (Wildman–Crippen LogP) is -0.0550. The fourth-order valence-corrected chi connectivity index (χ4v) is 2.64. The van der Waals surface area contributed by atoms with Gasteiger partial charge in [0.1, 0.15) is 0 Å². The summed E-state index contributed by atoms with van der Waals surface area (Å²) in [5, 5.41) is 3.29. The summed E-state index contributed by atoms with van der Waals surface area (Å²) in [5.41, 5.74) is 0. The van der Waals surface area contributed by atoms with Crippen LogP contribution in [0.4, 0.5) is 0 Å². The maximum Gasteiger partial charge on any atom is 0.514 e. The Morgan fingerprint density at radius 3 is 2.00 bits per heavy atom.